The highest BCUT2D eigenvalue weighted by atomic mass is 19.4. The monoisotopic (exact) mass is 382 g/mol. The lowest BCUT2D eigenvalue weighted by molar-refractivity contribution is -0.137. The molecule has 27 heavy (non-hydrogen) atoms. The van der Waals surface area contributed by atoms with Crippen LogP contribution in [0, 0.1) is 6.92 Å². The van der Waals surface area contributed by atoms with E-state index in [1.165, 1.54) is 12.5 Å². The molecule has 1 aliphatic rings. The first-order valence-electron chi connectivity index (χ1n) is 9.25. The zero-order valence-electron chi connectivity index (χ0n) is 15.7. The number of piperidine rings is 1. The van der Waals surface area contributed by atoms with Crippen LogP contribution >= 0.6 is 0 Å². The van der Waals surface area contributed by atoms with Gasteiger partial charge in [0.1, 0.15) is 5.76 Å². The standard InChI is InChI=1S/C20H25F3N2O2/c1-14-18(13-25-10-4-3-8-17(25)9-11-26-2)24-19(27-14)15-6-5-7-16(12-15)20(21,22)23/h5-7,12,17H,3-4,8-11,13H2,1-2H3/t17-/m0/s1. The zero-order valence-corrected chi connectivity index (χ0v) is 15.7. The summed E-state index contributed by atoms with van der Waals surface area (Å²) >= 11 is 0. The van der Waals surface area contributed by atoms with Gasteiger partial charge in [0, 0.05) is 31.9 Å². The van der Waals surface area contributed by atoms with Crippen molar-refractivity contribution in [1.29, 1.82) is 0 Å². The van der Waals surface area contributed by atoms with Crippen LogP contribution in [0.2, 0.25) is 0 Å². The molecular weight excluding hydrogens is 357 g/mol. The van der Waals surface area contributed by atoms with Gasteiger partial charge in [-0.15, -0.1) is 0 Å². The highest BCUT2D eigenvalue weighted by Gasteiger charge is 2.31. The van der Waals surface area contributed by atoms with Crippen LogP contribution in [0.4, 0.5) is 13.2 Å². The lowest BCUT2D eigenvalue weighted by Gasteiger charge is -2.35. The average molecular weight is 382 g/mol. The maximum atomic E-state index is 13.0. The molecule has 148 valence electrons. The van der Waals surface area contributed by atoms with Crippen LogP contribution in [0.15, 0.2) is 28.7 Å². The minimum atomic E-state index is -4.39. The van der Waals surface area contributed by atoms with Gasteiger partial charge in [-0.3, -0.25) is 4.90 Å². The first-order chi connectivity index (χ1) is 12.9. The second kappa shape index (κ2) is 8.44. The van der Waals surface area contributed by atoms with Crippen molar-refractivity contribution in [3.8, 4) is 11.5 Å². The van der Waals surface area contributed by atoms with Gasteiger partial charge in [0.2, 0.25) is 5.89 Å². The van der Waals surface area contributed by atoms with E-state index in [2.05, 4.69) is 9.88 Å². The topological polar surface area (TPSA) is 38.5 Å². The molecule has 0 spiro atoms. The van der Waals surface area contributed by atoms with Crippen molar-refractivity contribution in [3.05, 3.63) is 41.3 Å². The Hall–Kier alpha value is -1.86. The highest BCUT2D eigenvalue weighted by Crippen LogP contribution is 2.33. The maximum Gasteiger partial charge on any atom is 0.416 e. The number of likely N-dealkylation sites (tertiary alicyclic amines) is 1. The SMILES string of the molecule is COCC[C@@H]1CCCCN1Cc1nc(-c2cccc(C(F)(F)F)c2)oc1C. The number of ether oxygens (including phenoxy) is 1. The largest absolute Gasteiger partial charge is 0.441 e. The molecule has 1 aliphatic heterocycles. The van der Waals surface area contributed by atoms with Crippen molar-refractivity contribution in [2.24, 2.45) is 0 Å². The molecule has 1 aromatic heterocycles. The maximum absolute atomic E-state index is 13.0. The van der Waals surface area contributed by atoms with Gasteiger partial charge in [-0.25, -0.2) is 4.98 Å². The fourth-order valence-corrected chi connectivity index (χ4v) is 3.57. The number of alkyl halides is 3. The van der Waals surface area contributed by atoms with E-state index in [0.717, 1.165) is 43.6 Å². The molecule has 0 saturated carbocycles. The Labute approximate surface area is 157 Å². The van der Waals surface area contributed by atoms with Crippen molar-refractivity contribution in [2.75, 3.05) is 20.3 Å². The van der Waals surface area contributed by atoms with Crippen LogP contribution in [0.5, 0.6) is 0 Å². The van der Waals surface area contributed by atoms with Gasteiger partial charge in [-0.1, -0.05) is 12.5 Å². The molecule has 1 aromatic carbocycles. The Bertz CT molecular complexity index is 758. The Morgan fingerprint density at radius 3 is 2.85 bits per heavy atom. The number of benzene rings is 1. The number of aromatic nitrogens is 1. The average Bonchev–Trinajstić information content (AvgIpc) is 3.01. The van der Waals surface area contributed by atoms with Crippen molar-refractivity contribution in [3.63, 3.8) is 0 Å². The Balaban J connectivity index is 1.78. The highest BCUT2D eigenvalue weighted by molar-refractivity contribution is 5.55. The van der Waals surface area contributed by atoms with E-state index in [9.17, 15) is 13.2 Å². The number of nitrogens with zero attached hydrogens (tertiary/aromatic N) is 2. The van der Waals surface area contributed by atoms with Gasteiger partial charge in [0.25, 0.3) is 0 Å². The second-order valence-corrected chi connectivity index (χ2v) is 7.00. The molecule has 2 heterocycles. The lowest BCUT2D eigenvalue weighted by atomic mass is 9.99. The molecule has 2 aromatic rings. The van der Waals surface area contributed by atoms with Crippen LogP contribution in [0.1, 0.15) is 42.7 Å². The molecule has 0 radical (unpaired) electrons. The first kappa shape index (κ1) is 19.9. The van der Waals surface area contributed by atoms with E-state index in [1.807, 2.05) is 6.92 Å². The predicted molar refractivity (Wildman–Crippen MR) is 96.2 cm³/mol. The lowest BCUT2D eigenvalue weighted by Crippen LogP contribution is -2.39. The van der Waals surface area contributed by atoms with Crippen molar-refractivity contribution in [2.45, 2.75) is 51.4 Å². The van der Waals surface area contributed by atoms with Crippen LogP contribution in [-0.4, -0.2) is 36.2 Å². The van der Waals surface area contributed by atoms with Crippen LogP contribution in [0.3, 0.4) is 0 Å². The van der Waals surface area contributed by atoms with E-state index in [4.69, 9.17) is 9.15 Å². The number of halogens is 3. The number of rotatable bonds is 6. The molecule has 1 atom stereocenters. The third-order valence-electron chi connectivity index (χ3n) is 5.09. The van der Waals surface area contributed by atoms with Gasteiger partial charge in [0.15, 0.2) is 0 Å². The van der Waals surface area contributed by atoms with E-state index in [0.29, 0.717) is 30.5 Å². The van der Waals surface area contributed by atoms with Gasteiger partial charge in [-0.05, 0) is 50.9 Å². The Morgan fingerprint density at radius 2 is 2.11 bits per heavy atom. The molecule has 0 N–H and O–H groups in total. The normalized spacial score (nSPS) is 18.8. The molecule has 1 fully saturated rings. The molecule has 0 bridgehead atoms. The first-order valence-corrected chi connectivity index (χ1v) is 9.25. The summed E-state index contributed by atoms with van der Waals surface area (Å²) in [7, 11) is 1.70. The number of oxazole rings is 1. The van der Waals surface area contributed by atoms with Crippen LogP contribution < -0.4 is 0 Å². The summed E-state index contributed by atoms with van der Waals surface area (Å²) < 4.78 is 49.8. The van der Waals surface area contributed by atoms with E-state index < -0.39 is 11.7 Å². The zero-order chi connectivity index (χ0) is 19.4. The molecule has 4 nitrogen and oxygen atoms in total. The van der Waals surface area contributed by atoms with Crippen LogP contribution in [-0.2, 0) is 17.5 Å². The molecule has 7 heteroatoms. The van der Waals surface area contributed by atoms with Gasteiger partial charge in [-0.2, -0.15) is 13.2 Å². The van der Waals surface area contributed by atoms with Gasteiger partial charge >= 0.3 is 6.18 Å². The predicted octanol–water partition coefficient (Wildman–Crippen LogP) is 5.06. The number of methoxy groups -OCH3 is 1. The van der Waals surface area contributed by atoms with E-state index in [1.54, 1.807) is 13.2 Å². The molecule has 1 saturated heterocycles. The Morgan fingerprint density at radius 1 is 1.30 bits per heavy atom. The summed E-state index contributed by atoms with van der Waals surface area (Å²) in [6, 6.07) is 5.54. The van der Waals surface area contributed by atoms with Crippen molar-refractivity contribution >= 4 is 0 Å². The summed E-state index contributed by atoms with van der Waals surface area (Å²) in [6.07, 6.45) is 0.0521. The van der Waals surface area contributed by atoms with E-state index in [-0.39, 0.29) is 5.89 Å². The molecular formula is C20H25F3N2O2. The quantitative estimate of drug-likeness (QED) is 0.700. The minimum Gasteiger partial charge on any atom is -0.441 e. The molecule has 0 aliphatic carbocycles. The number of aryl methyl sites for hydroxylation is 1. The summed E-state index contributed by atoms with van der Waals surface area (Å²) in [5.41, 5.74) is 0.425. The summed E-state index contributed by atoms with van der Waals surface area (Å²) in [5.74, 6) is 0.887. The van der Waals surface area contributed by atoms with Crippen molar-refractivity contribution in [1.82, 2.24) is 9.88 Å². The minimum absolute atomic E-state index is 0.235. The third kappa shape index (κ3) is 4.90. The fourth-order valence-electron chi connectivity index (χ4n) is 3.57. The summed E-state index contributed by atoms with van der Waals surface area (Å²) in [4.78, 5) is 6.88. The number of hydrogen-bond acceptors (Lipinski definition) is 4. The van der Waals surface area contributed by atoms with Gasteiger partial charge < -0.3 is 9.15 Å². The second-order valence-electron chi connectivity index (χ2n) is 7.00. The summed E-state index contributed by atoms with van der Waals surface area (Å²) in [5, 5.41) is 0. The smallest absolute Gasteiger partial charge is 0.416 e. The van der Waals surface area contributed by atoms with Crippen molar-refractivity contribution < 1.29 is 22.3 Å². The summed E-state index contributed by atoms with van der Waals surface area (Å²) in [6.45, 7) is 4.16. The molecule has 3 rings (SSSR count). The fraction of sp³-hybridized carbons (Fsp3) is 0.550. The molecule has 0 amide bonds. The third-order valence-corrected chi connectivity index (χ3v) is 5.09. The Kier molecular flexibility index (Phi) is 6.22. The molecule has 0 unspecified atom stereocenters. The van der Waals surface area contributed by atoms with Crippen LogP contribution in [0.25, 0.3) is 11.5 Å². The number of hydrogen-bond donors (Lipinski definition) is 0. The van der Waals surface area contributed by atoms with Gasteiger partial charge in [0.05, 0.1) is 11.3 Å². The van der Waals surface area contributed by atoms with E-state index >= 15 is 0 Å².